The summed E-state index contributed by atoms with van der Waals surface area (Å²) in [5, 5.41) is 2.92. The van der Waals surface area contributed by atoms with Crippen LogP contribution in [0.5, 0.6) is 0 Å². The van der Waals surface area contributed by atoms with E-state index in [-0.39, 0.29) is 46.2 Å². The molecule has 10 nitrogen and oxygen atoms in total. The van der Waals surface area contributed by atoms with Crippen LogP contribution >= 0.6 is 0 Å². The molecule has 4 aromatic rings. The number of amides is 2. The number of piperidine rings is 1. The van der Waals surface area contributed by atoms with Crippen molar-refractivity contribution < 1.29 is 22.8 Å². The van der Waals surface area contributed by atoms with Crippen LogP contribution in [0.3, 0.4) is 0 Å². The lowest BCUT2D eigenvalue weighted by Gasteiger charge is -2.56. The first kappa shape index (κ1) is 33.0. The second kappa shape index (κ2) is 11.5. The summed E-state index contributed by atoms with van der Waals surface area (Å²) in [4.78, 5) is 44.3. The highest BCUT2D eigenvalue weighted by Gasteiger charge is 2.55. The zero-order valence-corrected chi connectivity index (χ0v) is 28.6. The van der Waals surface area contributed by atoms with Crippen molar-refractivity contribution in [2.24, 2.45) is 5.73 Å². The lowest BCUT2D eigenvalue weighted by atomic mass is 9.71. The van der Waals surface area contributed by atoms with E-state index in [2.05, 4.69) is 22.1 Å². The van der Waals surface area contributed by atoms with Crippen molar-refractivity contribution in [3.63, 3.8) is 0 Å². The summed E-state index contributed by atoms with van der Waals surface area (Å²) in [6, 6.07) is 4.76. The number of imidazole rings is 1. The van der Waals surface area contributed by atoms with E-state index in [4.69, 9.17) is 15.7 Å². The van der Waals surface area contributed by atoms with Crippen LogP contribution in [-0.2, 0) is 10.2 Å². The average molecular weight is 675 g/mol. The molecule has 1 unspecified atom stereocenters. The van der Waals surface area contributed by atoms with Gasteiger partial charge in [0.1, 0.15) is 11.7 Å². The molecular weight excluding hydrogens is 633 g/mol. The number of rotatable bonds is 7. The third-order valence-corrected chi connectivity index (χ3v) is 10.7. The van der Waals surface area contributed by atoms with Gasteiger partial charge < -0.3 is 20.5 Å². The van der Waals surface area contributed by atoms with Gasteiger partial charge in [0.2, 0.25) is 11.8 Å². The molecule has 0 bridgehead atoms. The van der Waals surface area contributed by atoms with Gasteiger partial charge in [0.25, 0.3) is 0 Å². The number of halogens is 3. The molecule has 2 aliphatic heterocycles. The Labute approximate surface area is 282 Å². The second-order valence-corrected chi connectivity index (χ2v) is 14.8. The Morgan fingerprint density at radius 2 is 1.84 bits per heavy atom. The van der Waals surface area contributed by atoms with Crippen LogP contribution in [0.2, 0.25) is 0 Å². The molecule has 2 fully saturated rings. The Bertz CT molecular complexity index is 2020. The zero-order valence-electron chi connectivity index (χ0n) is 28.6. The quantitative estimate of drug-likeness (QED) is 0.230. The molecule has 7 rings (SSSR count). The van der Waals surface area contributed by atoms with Crippen molar-refractivity contribution in [2.45, 2.75) is 96.4 Å². The zero-order chi connectivity index (χ0) is 35.2. The lowest BCUT2D eigenvalue weighted by molar-refractivity contribution is -0.124. The fourth-order valence-electron chi connectivity index (χ4n) is 7.82. The minimum absolute atomic E-state index is 0.0372. The molecule has 3 N–H and O–H groups in total. The van der Waals surface area contributed by atoms with Crippen molar-refractivity contribution in [3.8, 4) is 11.3 Å². The number of aromatic nitrogens is 4. The summed E-state index contributed by atoms with van der Waals surface area (Å²) in [6.45, 7) is 12.4. The SMILES string of the molecule is Cc1c(C(N)=O)cc(Nc2nc(-c3cnc4c(c3)N(C3CC(C)(N5CCCC(F)C5)C3)C(=O)C4(C)C)cc3ncn(C(C)C)c23)c(F)c1F. The highest BCUT2D eigenvalue weighted by Crippen LogP contribution is 2.50. The minimum atomic E-state index is -1.18. The maximum absolute atomic E-state index is 15.3. The van der Waals surface area contributed by atoms with Gasteiger partial charge >= 0.3 is 0 Å². The van der Waals surface area contributed by atoms with Gasteiger partial charge in [-0.2, -0.15) is 0 Å². The maximum Gasteiger partial charge on any atom is 0.249 e. The number of fused-ring (bicyclic) bond motifs is 2. The van der Waals surface area contributed by atoms with E-state index in [1.54, 1.807) is 18.6 Å². The summed E-state index contributed by atoms with van der Waals surface area (Å²) in [5.74, 6) is -3.10. The van der Waals surface area contributed by atoms with Gasteiger partial charge in [-0.1, -0.05) is 0 Å². The first-order valence-electron chi connectivity index (χ1n) is 16.8. The number of primary amides is 1. The van der Waals surface area contributed by atoms with Crippen LogP contribution in [0.4, 0.5) is 30.4 Å². The Balaban J connectivity index is 1.29. The smallest absolute Gasteiger partial charge is 0.249 e. The number of hydrogen-bond donors (Lipinski definition) is 2. The number of carbonyl (C=O) groups is 2. The number of benzene rings is 1. The van der Waals surface area contributed by atoms with E-state index in [0.29, 0.717) is 46.6 Å². The first-order chi connectivity index (χ1) is 23.1. The molecule has 258 valence electrons. The molecular formula is C36H41F3N8O2. The summed E-state index contributed by atoms with van der Waals surface area (Å²) < 4.78 is 46.4. The van der Waals surface area contributed by atoms with Gasteiger partial charge in [-0.15, -0.1) is 0 Å². The minimum Gasteiger partial charge on any atom is -0.366 e. The highest BCUT2D eigenvalue weighted by atomic mass is 19.2. The van der Waals surface area contributed by atoms with Crippen LogP contribution < -0.4 is 16.0 Å². The molecule has 0 radical (unpaired) electrons. The molecule has 3 aromatic heterocycles. The fourth-order valence-corrected chi connectivity index (χ4v) is 7.82. The predicted molar refractivity (Wildman–Crippen MR) is 182 cm³/mol. The normalized spacial score (nSPS) is 23.6. The fraction of sp³-hybridized carbons (Fsp3) is 0.472. The molecule has 3 aliphatic rings. The van der Waals surface area contributed by atoms with Crippen LogP contribution in [0.1, 0.15) is 88.0 Å². The largest absolute Gasteiger partial charge is 0.366 e. The van der Waals surface area contributed by atoms with Gasteiger partial charge in [0.05, 0.1) is 40.0 Å². The Kier molecular flexibility index (Phi) is 7.77. The molecule has 1 aliphatic carbocycles. The van der Waals surface area contributed by atoms with Crippen molar-refractivity contribution in [3.05, 3.63) is 59.2 Å². The summed E-state index contributed by atoms with van der Waals surface area (Å²) >= 11 is 0. The van der Waals surface area contributed by atoms with E-state index in [1.165, 1.54) is 13.0 Å². The molecule has 1 aromatic carbocycles. The van der Waals surface area contributed by atoms with E-state index >= 15 is 4.39 Å². The number of pyridine rings is 2. The number of alkyl halides is 1. The van der Waals surface area contributed by atoms with Crippen LogP contribution in [0.15, 0.2) is 30.7 Å². The van der Waals surface area contributed by atoms with Crippen LogP contribution in [-0.4, -0.2) is 67.1 Å². The molecule has 1 saturated carbocycles. The third-order valence-electron chi connectivity index (χ3n) is 10.7. The highest BCUT2D eigenvalue weighted by molar-refractivity contribution is 6.08. The topological polar surface area (TPSA) is 122 Å². The Morgan fingerprint density at radius 1 is 1.10 bits per heavy atom. The van der Waals surface area contributed by atoms with Crippen molar-refractivity contribution in [1.29, 1.82) is 0 Å². The molecule has 13 heteroatoms. The number of hydrogen-bond acceptors (Lipinski definition) is 7. The van der Waals surface area contributed by atoms with Gasteiger partial charge in [-0.3, -0.25) is 19.5 Å². The van der Waals surface area contributed by atoms with E-state index < -0.39 is 29.1 Å². The maximum atomic E-state index is 15.3. The summed E-state index contributed by atoms with van der Waals surface area (Å²) in [7, 11) is 0. The number of likely N-dealkylation sites (tertiary alicyclic amines) is 1. The van der Waals surface area contributed by atoms with Crippen LogP contribution in [0, 0.1) is 18.6 Å². The number of nitrogens with one attached hydrogen (secondary N) is 1. The average Bonchev–Trinajstić information content (AvgIpc) is 3.56. The van der Waals surface area contributed by atoms with E-state index in [0.717, 1.165) is 25.8 Å². The monoisotopic (exact) mass is 674 g/mol. The predicted octanol–water partition coefficient (Wildman–Crippen LogP) is 6.48. The van der Waals surface area contributed by atoms with E-state index in [9.17, 15) is 18.4 Å². The number of carbonyl (C=O) groups excluding carboxylic acids is 2. The van der Waals surface area contributed by atoms with Gasteiger partial charge in [0.15, 0.2) is 17.5 Å². The number of nitrogens with zero attached hydrogens (tertiary/aromatic N) is 6. The Morgan fingerprint density at radius 3 is 2.51 bits per heavy atom. The number of nitrogens with two attached hydrogens (primary N) is 1. The number of anilines is 3. The van der Waals surface area contributed by atoms with Crippen molar-refractivity contribution in [1.82, 2.24) is 24.4 Å². The van der Waals surface area contributed by atoms with Crippen molar-refractivity contribution >= 4 is 40.0 Å². The molecule has 1 saturated heterocycles. The third kappa shape index (κ3) is 5.24. The van der Waals surface area contributed by atoms with Gasteiger partial charge in [-0.05, 0) is 92.0 Å². The summed E-state index contributed by atoms with van der Waals surface area (Å²) in [5.41, 5.74) is 7.30. The van der Waals surface area contributed by atoms with Gasteiger partial charge in [0, 0.05) is 47.1 Å². The molecule has 49 heavy (non-hydrogen) atoms. The Hall–Kier alpha value is -4.52. The first-order valence-corrected chi connectivity index (χ1v) is 16.8. The molecule has 2 amide bonds. The molecule has 1 atom stereocenters. The van der Waals surface area contributed by atoms with Crippen molar-refractivity contribution in [2.75, 3.05) is 23.3 Å². The second-order valence-electron chi connectivity index (χ2n) is 14.8. The molecule has 0 spiro atoms. The van der Waals surface area contributed by atoms with Crippen LogP contribution in [0.25, 0.3) is 22.3 Å². The van der Waals surface area contributed by atoms with Gasteiger partial charge in [-0.25, -0.2) is 23.1 Å². The van der Waals surface area contributed by atoms with E-state index in [1.807, 2.05) is 43.2 Å². The lowest BCUT2D eigenvalue weighted by Crippen LogP contribution is -2.64. The standard InChI is InChI=1S/C36H41F3N8O2/c1-18(2)46-17-42-26-12-24(43-33(30(26)46)44-25-11-23(32(40)48)19(3)28(38)29(25)39)20-10-27-31(41-15-20)35(4,5)34(49)47(27)22-13-36(6,14-22)45-9-7-8-21(37)16-45/h10-12,15,17-18,21-22H,7-9,13-14,16H2,1-6H3,(H2,40,48)(H,43,44). The molecule has 5 heterocycles. The summed E-state index contributed by atoms with van der Waals surface area (Å²) in [6.07, 6.45) is 5.35.